The zero-order valence-corrected chi connectivity index (χ0v) is 12.1. The predicted octanol–water partition coefficient (Wildman–Crippen LogP) is 5.49. The molecule has 0 saturated carbocycles. The Kier molecular flexibility index (Phi) is 3.82. The van der Waals surface area contributed by atoms with Gasteiger partial charge in [0.25, 0.3) is 5.92 Å². The highest BCUT2D eigenvalue weighted by molar-refractivity contribution is 9.11. The average Bonchev–Trinajstić information content (AvgIpc) is 2.28. The summed E-state index contributed by atoms with van der Waals surface area (Å²) in [7, 11) is 0. The molecule has 2 aromatic rings. The molecule has 94 valence electrons. The van der Waals surface area contributed by atoms with Gasteiger partial charge in [0.1, 0.15) is 5.82 Å². The van der Waals surface area contributed by atoms with Gasteiger partial charge in [0.15, 0.2) is 0 Å². The molecule has 0 amide bonds. The third kappa shape index (κ3) is 2.78. The normalized spacial score (nSPS) is 11.6. The van der Waals surface area contributed by atoms with Crippen LogP contribution in [0.15, 0.2) is 51.4 Å². The van der Waals surface area contributed by atoms with E-state index in [1.807, 2.05) is 0 Å². The number of hydrogen-bond acceptors (Lipinski definition) is 0. The van der Waals surface area contributed by atoms with Crippen molar-refractivity contribution < 1.29 is 13.2 Å². The van der Waals surface area contributed by atoms with Gasteiger partial charge in [-0.25, -0.2) is 4.39 Å². The zero-order chi connectivity index (χ0) is 13.3. The molecule has 0 aromatic heterocycles. The maximum atomic E-state index is 14.2. The first-order valence-corrected chi connectivity index (χ1v) is 6.58. The lowest BCUT2D eigenvalue weighted by Crippen LogP contribution is -2.15. The van der Waals surface area contributed by atoms with Gasteiger partial charge in [-0.1, -0.05) is 31.9 Å². The number of benzene rings is 2. The molecule has 0 aliphatic rings. The molecule has 0 atom stereocenters. The van der Waals surface area contributed by atoms with Gasteiger partial charge in [-0.2, -0.15) is 8.78 Å². The van der Waals surface area contributed by atoms with E-state index in [1.165, 1.54) is 12.1 Å². The maximum Gasteiger partial charge on any atom is 0.298 e. The van der Waals surface area contributed by atoms with Crippen LogP contribution in [0.1, 0.15) is 11.1 Å². The maximum absolute atomic E-state index is 14.2. The molecule has 0 aliphatic heterocycles. The molecule has 0 bridgehead atoms. The standard InChI is InChI=1S/C13H7Br2F3/c14-10-5-9(6-11(15)7-10)13(17,18)8-1-3-12(16)4-2-8/h1-7H. The molecule has 0 aliphatic carbocycles. The third-order valence-electron chi connectivity index (χ3n) is 2.43. The second kappa shape index (κ2) is 5.05. The Morgan fingerprint density at radius 1 is 0.778 bits per heavy atom. The van der Waals surface area contributed by atoms with E-state index in [4.69, 9.17) is 0 Å². The number of alkyl halides is 2. The molecule has 0 nitrogen and oxygen atoms in total. The van der Waals surface area contributed by atoms with Crippen LogP contribution in [-0.4, -0.2) is 0 Å². The quantitative estimate of drug-likeness (QED) is 0.647. The highest BCUT2D eigenvalue weighted by atomic mass is 79.9. The van der Waals surface area contributed by atoms with Gasteiger partial charge in [0, 0.05) is 20.1 Å². The van der Waals surface area contributed by atoms with Crippen LogP contribution < -0.4 is 0 Å². The van der Waals surface area contributed by atoms with Crippen molar-refractivity contribution in [2.75, 3.05) is 0 Å². The molecule has 0 heterocycles. The smallest absolute Gasteiger partial charge is 0.207 e. The van der Waals surface area contributed by atoms with Crippen molar-refractivity contribution >= 4 is 31.9 Å². The lowest BCUT2D eigenvalue weighted by atomic mass is 10.0. The van der Waals surface area contributed by atoms with Crippen LogP contribution in [0.3, 0.4) is 0 Å². The van der Waals surface area contributed by atoms with Crippen LogP contribution in [0, 0.1) is 5.82 Å². The van der Waals surface area contributed by atoms with Crippen LogP contribution >= 0.6 is 31.9 Å². The van der Waals surface area contributed by atoms with Crippen LogP contribution in [0.4, 0.5) is 13.2 Å². The van der Waals surface area contributed by atoms with Gasteiger partial charge in [0.2, 0.25) is 0 Å². The molecule has 2 aromatic carbocycles. The summed E-state index contributed by atoms with van der Waals surface area (Å²) in [6.45, 7) is 0. The molecule has 0 saturated heterocycles. The Morgan fingerprint density at radius 2 is 1.28 bits per heavy atom. The summed E-state index contributed by atoms with van der Waals surface area (Å²) in [6.07, 6.45) is 0. The molecule has 0 fully saturated rings. The first kappa shape index (κ1) is 13.6. The third-order valence-corrected chi connectivity index (χ3v) is 3.35. The minimum absolute atomic E-state index is 0.157. The summed E-state index contributed by atoms with van der Waals surface area (Å²) in [5.41, 5.74) is -0.399. The van der Waals surface area contributed by atoms with Gasteiger partial charge in [0.05, 0.1) is 0 Å². The van der Waals surface area contributed by atoms with E-state index in [1.54, 1.807) is 6.07 Å². The molecule has 2 rings (SSSR count). The molecule has 18 heavy (non-hydrogen) atoms. The highest BCUT2D eigenvalue weighted by Gasteiger charge is 2.34. The molecule has 0 spiro atoms. The van der Waals surface area contributed by atoms with Crippen molar-refractivity contribution in [3.63, 3.8) is 0 Å². The Balaban J connectivity index is 2.49. The van der Waals surface area contributed by atoms with Crippen molar-refractivity contribution in [1.29, 1.82) is 0 Å². The zero-order valence-electron chi connectivity index (χ0n) is 8.93. The fourth-order valence-electron chi connectivity index (χ4n) is 1.56. The van der Waals surface area contributed by atoms with Crippen molar-refractivity contribution in [1.82, 2.24) is 0 Å². The second-order valence-electron chi connectivity index (χ2n) is 3.74. The fourth-order valence-corrected chi connectivity index (χ4v) is 2.85. The van der Waals surface area contributed by atoms with Gasteiger partial charge >= 0.3 is 0 Å². The predicted molar refractivity (Wildman–Crippen MR) is 71.2 cm³/mol. The number of hydrogen-bond donors (Lipinski definition) is 0. The summed E-state index contributed by atoms with van der Waals surface area (Å²) < 4.78 is 42.3. The lowest BCUT2D eigenvalue weighted by molar-refractivity contribution is 0.0426. The van der Waals surface area contributed by atoms with E-state index >= 15 is 0 Å². The van der Waals surface area contributed by atoms with Crippen molar-refractivity contribution in [2.24, 2.45) is 0 Å². The minimum Gasteiger partial charge on any atom is -0.207 e. The van der Waals surface area contributed by atoms with Crippen LogP contribution in [0.5, 0.6) is 0 Å². The molecule has 0 radical (unpaired) electrons. The molecule has 0 unspecified atom stereocenters. The fraction of sp³-hybridized carbons (Fsp3) is 0.0769. The largest absolute Gasteiger partial charge is 0.298 e. The summed E-state index contributed by atoms with van der Waals surface area (Å²) >= 11 is 6.33. The topological polar surface area (TPSA) is 0 Å². The van der Waals surface area contributed by atoms with E-state index < -0.39 is 11.7 Å². The van der Waals surface area contributed by atoms with Crippen LogP contribution in [0.25, 0.3) is 0 Å². The van der Waals surface area contributed by atoms with E-state index in [9.17, 15) is 13.2 Å². The van der Waals surface area contributed by atoms with Gasteiger partial charge in [-0.05, 0) is 42.5 Å². The van der Waals surface area contributed by atoms with Gasteiger partial charge in [-0.15, -0.1) is 0 Å². The van der Waals surface area contributed by atoms with Crippen molar-refractivity contribution in [3.05, 3.63) is 68.4 Å². The van der Waals surface area contributed by atoms with E-state index in [0.717, 1.165) is 24.3 Å². The Hall–Kier alpha value is -0.810. The van der Waals surface area contributed by atoms with E-state index in [0.29, 0.717) is 8.95 Å². The highest BCUT2D eigenvalue weighted by Crippen LogP contribution is 2.38. The molecule has 5 heteroatoms. The summed E-state index contributed by atoms with van der Waals surface area (Å²) in [6, 6.07) is 8.58. The van der Waals surface area contributed by atoms with E-state index in [2.05, 4.69) is 31.9 Å². The first-order chi connectivity index (χ1) is 8.39. The first-order valence-electron chi connectivity index (χ1n) is 5.00. The summed E-state index contributed by atoms with van der Waals surface area (Å²) in [5.74, 6) is -3.70. The average molecular weight is 380 g/mol. The number of halogens is 5. The van der Waals surface area contributed by atoms with Gasteiger partial charge in [-0.3, -0.25) is 0 Å². The van der Waals surface area contributed by atoms with Gasteiger partial charge < -0.3 is 0 Å². The Bertz CT molecular complexity index is 545. The van der Waals surface area contributed by atoms with Crippen molar-refractivity contribution in [3.8, 4) is 0 Å². The van der Waals surface area contributed by atoms with Crippen LogP contribution in [-0.2, 0) is 5.92 Å². The molecular weight excluding hydrogens is 373 g/mol. The summed E-state index contributed by atoms with van der Waals surface area (Å²) in [4.78, 5) is 0. The Morgan fingerprint density at radius 3 is 1.78 bits per heavy atom. The Labute approximate surface area is 119 Å². The monoisotopic (exact) mass is 378 g/mol. The SMILES string of the molecule is Fc1ccc(C(F)(F)c2cc(Br)cc(Br)c2)cc1. The minimum atomic E-state index is -3.17. The van der Waals surface area contributed by atoms with E-state index in [-0.39, 0.29) is 11.1 Å². The van der Waals surface area contributed by atoms with Crippen LogP contribution in [0.2, 0.25) is 0 Å². The lowest BCUT2D eigenvalue weighted by Gasteiger charge is -2.18. The second-order valence-corrected chi connectivity index (χ2v) is 5.57. The van der Waals surface area contributed by atoms with Crippen molar-refractivity contribution in [2.45, 2.75) is 5.92 Å². The molecule has 0 N–H and O–H groups in total. The molecular formula is C13H7Br2F3. The number of rotatable bonds is 2. The summed E-state index contributed by atoms with van der Waals surface area (Å²) in [5, 5.41) is 0.